The largest absolute Gasteiger partial charge is 0.308 e. The van der Waals surface area contributed by atoms with Gasteiger partial charge in [0.15, 0.2) is 0 Å². The fourth-order valence-corrected chi connectivity index (χ4v) is 3.64. The number of hydrogen-bond donors (Lipinski definition) is 0. The van der Waals surface area contributed by atoms with Crippen LogP contribution in [0.4, 0.5) is 5.69 Å². The second-order valence-corrected chi connectivity index (χ2v) is 7.04. The molecule has 1 aromatic heterocycles. The lowest BCUT2D eigenvalue weighted by atomic mass is 10.1. The molecule has 3 aromatic rings. The van der Waals surface area contributed by atoms with Crippen LogP contribution in [0.2, 0.25) is 0 Å². The average molecular weight is 410 g/mol. The molecule has 26 heavy (non-hydrogen) atoms. The highest BCUT2D eigenvalue weighted by Gasteiger charge is 2.31. The summed E-state index contributed by atoms with van der Waals surface area (Å²) in [6, 6.07) is 13.0. The van der Waals surface area contributed by atoms with Gasteiger partial charge in [-0.05, 0) is 43.3 Å². The highest BCUT2D eigenvalue weighted by molar-refractivity contribution is 9.10. The third-order valence-electron chi connectivity index (χ3n) is 4.62. The summed E-state index contributed by atoms with van der Waals surface area (Å²) in [6.07, 6.45) is 1.71. The molecule has 0 radical (unpaired) electrons. The van der Waals surface area contributed by atoms with Crippen molar-refractivity contribution in [3.8, 4) is 0 Å². The Labute approximate surface area is 158 Å². The molecule has 5 nitrogen and oxygen atoms in total. The molecule has 1 aliphatic heterocycles. The van der Waals surface area contributed by atoms with Crippen LogP contribution < -0.4 is 10.5 Å². The van der Waals surface area contributed by atoms with Gasteiger partial charge >= 0.3 is 0 Å². The predicted octanol–water partition coefficient (Wildman–Crippen LogP) is 3.60. The summed E-state index contributed by atoms with van der Waals surface area (Å²) in [5.74, 6) is 0.379. The Morgan fingerprint density at radius 2 is 1.92 bits per heavy atom. The highest BCUT2D eigenvalue weighted by Crippen LogP contribution is 2.39. The molecule has 0 aliphatic carbocycles. The Bertz CT molecular complexity index is 1150. The number of hydrogen-bond acceptors (Lipinski definition) is 3. The Morgan fingerprint density at radius 3 is 2.69 bits per heavy atom. The van der Waals surface area contributed by atoms with Crippen molar-refractivity contribution < 1.29 is 4.79 Å². The second-order valence-electron chi connectivity index (χ2n) is 6.12. The fraction of sp³-hybridized carbons (Fsp3) is 0.150. The van der Waals surface area contributed by atoms with Gasteiger partial charge in [0.05, 0.1) is 22.2 Å². The van der Waals surface area contributed by atoms with E-state index in [2.05, 4.69) is 20.9 Å². The molecule has 0 spiro atoms. The van der Waals surface area contributed by atoms with E-state index in [9.17, 15) is 9.59 Å². The van der Waals surface area contributed by atoms with Gasteiger partial charge in [-0.25, -0.2) is 4.98 Å². The van der Waals surface area contributed by atoms with Gasteiger partial charge in [0.2, 0.25) is 0 Å². The number of carbonyl (C=O) groups excluding carboxylic acids is 1. The standard InChI is InChI=1S/C20H16BrN3O2/c1-3-24-17-9-8-12(21)10-14(17)15(20(24)26)11-18-22-16-7-5-4-6-13(16)19(25)23(18)2/h4-11H,3H2,1-2H3/b15-11-. The first-order chi connectivity index (χ1) is 12.5. The topological polar surface area (TPSA) is 55.2 Å². The van der Waals surface area contributed by atoms with E-state index in [1.54, 1.807) is 30.2 Å². The van der Waals surface area contributed by atoms with Crippen molar-refractivity contribution in [3.05, 3.63) is 68.7 Å². The number of carbonyl (C=O) groups is 1. The molecular formula is C20H16BrN3O2. The number of rotatable bonds is 2. The van der Waals surface area contributed by atoms with E-state index in [-0.39, 0.29) is 11.5 Å². The first kappa shape index (κ1) is 16.7. The van der Waals surface area contributed by atoms with Crippen LogP contribution in [-0.4, -0.2) is 22.0 Å². The van der Waals surface area contributed by atoms with Crippen LogP contribution in [0.25, 0.3) is 22.6 Å². The number of halogens is 1. The summed E-state index contributed by atoms with van der Waals surface area (Å²) >= 11 is 3.47. The maximum Gasteiger partial charge on any atom is 0.261 e. The molecule has 1 aliphatic rings. The molecule has 0 saturated heterocycles. The minimum atomic E-state index is -0.130. The van der Waals surface area contributed by atoms with Gasteiger partial charge < -0.3 is 4.90 Å². The molecule has 2 heterocycles. The zero-order valence-electron chi connectivity index (χ0n) is 14.4. The van der Waals surface area contributed by atoms with Gasteiger partial charge in [-0.2, -0.15) is 0 Å². The fourth-order valence-electron chi connectivity index (χ4n) is 3.28. The van der Waals surface area contributed by atoms with Crippen molar-refractivity contribution in [1.82, 2.24) is 9.55 Å². The Balaban J connectivity index is 1.96. The van der Waals surface area contributed by atoms with E-state index in [0.717, 1.165) is 15.7 Å². The summed E-state index contributed by atoms with van der Waals surface area (Å²) in [5, 5.41) is 0.563. The molecule has 1 amide bonds. The molecule has 0 saturated carbocycles. The van der Waals surface area contributed by atoms with Crippen LogP contribution in [0.1, 0.15) is 18.3 Å². The molecule has 4 rings (SSSR count). The van der Waals surface area contributed by atoms with E-state index >= 15 is 0 Å². The Hall–Kier alpha value is -2.73. The Morgan fingerprint density at radius 1 is 1.15 bits per heavy atom. The quantitative estimate of drug-likeness (QED) is 0.607. The van der Waals surface area contributed by atoms with Crippen LogP contribution >= 0.6 is 15.9 Å². The molecule has 0 atom stereocenters. The van der Waals surface area contributed by atoms with Crippen LogP contribution in [0, 0.1) is 0 Å². The molecule has 2 aromatic carbocycles. The molecule has 0 N–H and O–H groups in total. The van der Waals surface area contributed by atoms with Crippen molar-refractivity contribution in [3.63, 3.8) is 0 Å². The van der Waals surface area contributed by atoms with Gasteiger partial charge in [0.1, 0.15) is 5.82 Å². The molecule has 0 fully saturated rings. The van der Waals surface area contributed by atoms with Crippen molar-refractivity contribution >= 4 is 50.1 Å². The molecule has 130 valence electrons. The van der Waals surface area contributed by atoms with Gasteiger partial charge in [-0.15, -0.1) is 0 Å². The van der Waals surface area contributed by atoms with Gasteiger partial charge in [0, 0.05) is 23.6 Å². The van der Waals surface area contributed by atoms with Crippen molar-refractivity contribution in [1.29, 1.82) is 0 Å². The van der Waals surface area contributed by atoms with Crippen LogP contribution in [0.5, 0.6) is 0 Å². The minimum absolute atomic E-state index is 0.0805. The lowest BCUT2D eigenvalue weighted by molar-refractivity contribution is -0.112. The number of amides is 1. The first-order valence-electron chi connectivity index (χ1n) is 8.30. The summed E-state index contributed by atoms with van der Waals surface area (Å²) in [5.41, 5.74) is 2.75. The number of para-hydroxylation sites is 1. The number of benzene rings is 2. The number of nitrogens with zero attached hydrogens (tertiary/aromatic N) is 3. The third kappa shape index (κ3) is 2.49. The molecule has 0 bridgehead atoms. The molecule has 6 heteroatoms. The van der Waals surface area contributed by atoms with E-state index in [0.29, 0.717) is 28.8 Å². The summed E-state index contributed by atoms with van der Waals surface area (Å²) in [4.78, 5) is 31.8. The predicted molar refractivity (Wildman–Crippen MR) is 107 cm³/mol. The van der Waals surface area contributed by atoms with E-state index in [4.69, 9.17) is 0 Å². The van der Waals surface area contributed by atoms with Crippen LogP contribution in [0.15, 0.2) is 51.7 Å². The van der Waals surface area contributed by atoms with Crippen molar-refractivity contribution in [2.45, 2.75) is 6.92 Å². The normalized spacial score (nSPS) is 15.1. The highest BCUT2D eigenvalue weighted by atomic mass is 79.9. The summed E-state index contributed by atoms with van der Waals surface area (Å²) < 4.78 is 2.38. The van der Waals surface area contributed by atoms with E-state index in [1.165, 1.54) is 4.57 Å². The summed E-state index contributed by atoms with van der Waals surface area (Å²) in [7, 11) is 1.67. The van der Waals surface area contributed by atoms with Crippen molar-refractivity contribution in [2.75, 3.05) is 11.4 Å². The van der Waals surface area contributed by atoms with Gasteiger partial charge in [-0.3, -0.25) is 14.2 Å². The lowest BCUT2D eigenvalue weighted by Crippen LogP contribution is -2.26. The average Bonchev–Trinajstić information content (AvgIpc) is 2.90. The molecule has 0 unspecified atom stereocenters. The van der Waals surface area contributed by atoms with Crippen LogP contribution in [-0.2, 0) is 11.8 Å². The number of fused-ring (bicyclic) bond motifs is 2. The minimum Gasteiger partial charge on any atom is -0.308 e. The zero-order valence-corrected chi connectivity index (χ0v) is 15.9. The summed E-state index contributed by atoms with van der Waals surface area (Å²) in [6.45, 7) is 2.52. The van der Waals surface area contributed by atoms with Gasteiger partial charge in [0.25, 0.3) is 11.5 Å². The maximum absolute atomic E-state index is 12.9. The van der Waals surface area contributed by atoms with Gasteiger partial charge in [-0.1, -0.05) is 28.1 Å². The number of likely N-dealkylation sites (N-methyl/N-ethyl adjacent to an activating group) is 1. The maximum atomic E-state index is 12.9. The van der Waals surface area contributed by atoms with Crippen molar-refractivity contribution in [2.24, 2.45) is 7.05 Å². The monoisotopic (exact) mass is 409 g/mol. The van der Waals surface area contributed by atoms with E-state index < -0.39 is 0 Å². The first-order valence-corrected chi connectivity index (χ1v) is 9.10. The smallest absolute Gasteiger partial charge is 0.261 e. The SMILES string of the molecule is CCN1C(=O)/C(=C\c2nc3ccccc3c(=O)n2C)c2cc(Br)ccc21. The van der Waals surface area contributed by atoms with Crippen LogP contribution in [0.3, 0.4) is 0 Å². The van der Waals surface area contributed by atoms with E-state index in [1.807, 2.05) is 37.3 Å². The number of aromatic nitrogens is 2. The zero-order chi connectivity index (χ0) is 18.4. The number of anilines is 1. The third-order valence-corrected chi connectivity index (χ3v) is 5.12. The molecular weight excluding hydrogens is 394 g/mol. The second kappa shape index (κ2) is 6.21. The Kier molecular flexibility index (Phi) is 4.00. The lowest BCUT2D eigenvalue weighted by Gasteiger charge is -2.13.